The van der Waals surface area contributed by atoms with Crippen LogP contribution in [0.5, 0.6) is 0 Å². The molecule has 4 aromatic rings. The lowest BCUT2D eigenvalue weighted by molar-refractivity contribution is 0.686. The number of anilines is 1. The molecule has 0 spiro atoms. The average molecular weight is 387 g/mol. The number of nitrogens with zero attached hydrogens (tertiary/aromatic N) is 4. The molecule has 0 aliphatic carbocycles. The third-order valence-electron chi connectivity index (χ3n) is 4.42. The number of hydrogen-bond donors (Lipinski definition) is 1. The summed E-state index contributed by atoms with van der Waals surface area (Å²) in [4.78, 5) is 5.02. The Morgan fingerprint density at radius 3 is 2.71 bits per heavy atom. The van der Waals surface area contributed by atoms with E-state index in [1.165, 1.54) is 5.56 Å². The van der Waals surface area contributed by atoms with Crippen LogP contribution in [0.25, 0.3) is 16.6 Å². The van der Waals surface area contributed by atoms with E-state index in [2.05, 4.69) is 21.7 Å². The second kappa shape index (κ2) is 7.62. The summed E-state index contributed by atoms with van der Waals surface area (Å²) in [6.45, 7) is 2.07. The number of rotatable bonds is 5. The molecule has 1 atom stereocenters. The van der Waals surface area contributed by atoms with E-state index in [1.807, 2.05) is 60.7 Å². The Balaban J connectivity index is 1.75. The van der Waals surface area contributed by atoms with Crippen molar-refractivity contribution in [2.45, 2.75) is 18.2 Å². The van der Waals surface area contributed by atoms with Crippen LogP contribution in [0.1, 0.15) is 18.2 Å². The third-order valence-corrected chi connectivity index (χ3v) is 5.51. The van der Waals surface area contributed by atoms with Gasteiger partial charge in [-0.15, -0.1) is 0 Å². The van der Waals surface area contributed by atoms with E-state index in [0.717, 1.165) is 23.0 Å². The van der Waals surface area contributed by atoms with Crippen LogP contribution in [0.2, 0.25) is 0 Å². The topological polar surface area (TPSA) is 83.6 Å². The molecule has 28 heavy (non-hydrogen) atoms. The Morgan fingerprint density at radius 2 is 1.96 bits per heavy atom. The molecule has 4 rings (SSSR count). The first-order valence-corrected chi connectivity index (χ1v) is 9.96. The Bertz CT molecular complexity index is 1200. The molecule has 2 aromatic heterocycles. The zero-order valence-electron chi connectivity index (χ0n) is 15.2. The summed E-state index contributed by atoms with van der Waals surface area (Å²) in [5, 5.41) is 14.5. The van der Waals surface area contributed by atoms with Crippen LogP contribution in [0, 0.1) is 11.3 Å². The molecular weight excluding hydrogens is 370 g/mol. The molecule has 2 aromatic carbocycles. The smallest absolute Gasteiger partial charge is 0.165 e. The molecule has 0 aliphatic heterocycles. The number of pyridine rings is 1. The van der Waals surface area contributed by atoms with Gasteiger partial charge in [0.15, 0.2) is 16.7 Å². The molecule has 0 bridgehead atoms. The van der Waals surface area contributed by atoms with Crippen molar-refractivity contribution >= 4 is 27.7 Å². The van der Waals surface area contributed by atoms with E-state index in [4.69, 9.17) is 0 Å². The van der Waals surface area contributed by atoms with Crippen molar-refractivity contribution in [3.8, 4) is 11.8 Å². The van der Waals surface area contributed by atoms with Crippen LogP contribution in [0.4, 0.5) is 5.82 Å². The van der Waals surface area contributed by atoms with Crippen molar-refractivity contribution in [3.05, 3.63) is 78.1 Å². The van der Waals surface area contributed by atoms with E-state index < -0.39 is 11.0 Å². The Morgan fingerprint density at radius 1 is 1.14 bits per heavy atom. The SMILES string of the molecule is CCc1ccc(S(=O)Nc2cc(C#N)nn2-c2cccc3ncccc23)cc1. The van der Waals surface area contributed by atoms with Crippen molar-refractivity contribution in [2.24, 2.45) is 0 Å². The predicted octanol–water partition coefficient (Wildman–Crippen LogP) is 3.99. The summed E-state index contributed by atoms with van der Waals surface area (Å²) in [7, 11) is -1.49. The van der Waals surface area contributed by atoms with Gasteiger partial charge in [0.25, 0.3) is 0 Å². The molecule has 1 N–H and O–H groups in total. The minimum atomic E-state index is -1.49. The van der Waals surface area contributed by atoms with Crippen LogP contribution in [0.3, 0.4) is 0 Å². The lowest BCUT2D eigenvalue weighted by Crippen LogP contribution is -2.10. The van der Waals surface area contributed by atoms with Crippen molar-refractivity contribution < 1.29 is 4.21 Å². The summed E-state index contributed by atoms with van der Waals surface area (Å²) in [6.07, 6.45) is 2.65. The monoisotopic (exact) mass is 387 g/mol. The zero-order chi connectivity index (χ0) is 19.5. The summed E-state index contributed by atoms with van der Waals surface area (Å²) in [6, 6.07) is 20.7. The van der Waals surface area contributed by atoms with Gasteiger partial charge in [0.1, 0.15) is 11.9 Å². The van der Waals surface area contributed by atoms with E-state index in [-0.39, 0.29) is 5.69 Å². The van der Waals surface area contributed by atoms with Gasteiger partial charge in [-0.1, -0.05) is 25.1 Å². The molecule has 6 nitrogen and oxygen atoms in total. The molecule has 138 valence electrons. The highest BCUT2D eigenvalue weighted by Gasteiger charge is 2.15. The molecule has 0 saturated heterocycles. The van der Waals surface area contributed by atoms with Gasteiger partial charge in [-0.2, -0.15) is 10.4 Å². The molecule has 0 aliphatic rings. The van der Waals surface area contributed by atoms with E-state index in [9.17, 15) is 9.47 Å². The minimum Gasteiger partial charge on any atom is -0.285 e. The fourth-order valence-electron chi connectivity index (χ4n) is 2.97. The normalized spacial score (nSPS) is 11.9. The van der Waals surface area contributed by atoms with Crippen molar-refractivity contribution in [3.63, 3.8) is 0 Å². The summed E-state index contributed by atoms with van der Waals surface area (Å²) >= 11 is 0. The molecule has 7 heteroatoms. The van der Waals surface area contributed by atoms with Gasteiger partial charge in [0, 0.05) is 17.6 Å². The predicted molar refractivity (Wildman–Crippen MR) is 109 cm³/mol. The first-order valence-electron chi connectivity index (χ1n) is 8.81. The van der Waals surface area contributed by atoms with Gasteiger partial charge in [0.2, 0.25) is 0 Å². The number of aromatic nitrogens is 3. The van der Waals surface area contributed by atoms with Gasteiger partial charge in [-0.25, -0.2) is 8.89 Å². The molecule has 0 saturated carbocycles. The quantitative estimate of drug-likeness (QED) is 0.561. The van der Waals surface area contributed by atoms with Gasteiger partial charge in [-0.3, -0.25) is 9.71 Å². The number of nitrogens with one attached hydrogen (secondary N) is 1. The lowest BCUT2D eigenvalue weighted by atomic mass is 10.2. The lowest BCUT2D eigenvalue weighted by Gasteiger charge is -2.11. The molecule has 1 unspecified atom stereocenters. The summed E-state index contributed by atoms with van der Waals surface area (Å²) < 4.78 is 17.4. The first-order chi connectivity index (χ1) is 13.7. The highest BCUT2D eigenvalue weighted by atomic mass is 32.2. The van der Waals surface area contributed by atoms with Crippen LogP contribution >= 0.6 is 0 Å². The maximum Gasteiger partial charge on any atom is 0.165 e. The van der Waals surface area contributed by atoms with Crippen LogP contribution in [-0.4, -0.2) is 19.0 Å². The molecule has 0 fully saturated rings. The molecular formula is C21H17N5OS. The number of benzene rings is 2. The number of hydrogen-bond acceptors (Lipinski definition) is 4. The molecule has 2 heterocycles. The molecule has 0 radical (unpaired) electrons. The van der Waals surface area contributed by atoms with Crippen LogP contribution in [0.15, 0.2) is 71.8 Å². The van der Waals surface area contributed by atoms with Gasteiger partial charge >= 0.3 is 0 Å². The summed E-state index contributed by atoms with van der Waals surface area (Å²) in [5.41, 5.74) is 2.99. The maximum atomic E-state index is 12.8. The number of aryl methyl sites for hydroxylation is 1. The van der Waals surface area contributed by atoms with Gasteiger partial charge in [-0.05, 0) is 48.4 Å². The Kier molecular flexibility index (Phi) is 4.87. The van der Waals surface area contributed by atoms with E-state index in [0.29, 0.717) is 10.7 Å². The minimum absolute atomic E-state index is 0.238. The van der Waals surface area contributed by atoms with Crippen molar-refractivity contribution in [1.82, 2.24) is 14.8 Å². The Hall–Kier alpha value is -3.50. The second-order valence-corrected chi connectivity index (χ2v) is 7.37. The van der Waals surface area contributed by atoms with E-state index in [1.54, 1.807) is 16.9 Å². The van der Waals surface area contributed by atoms with Crippen LogP contribution < -0.4 is 4.72 Å². The molecule has 0 amide bonds. The standard InChI is InChI=1S/C21H17N5OS/c1-2-15-8-10-17(11-9-15)28(27)25-21-13-16(14-22)24-26(21)20-7-3-6-19-18(20)5-4-12-23-19/h3-13,25H,2H2,1H3. The zero-order valence-corrected chi connectivity index (χ0v) is 16.0. The van der Waals surface area contributed by atoms with Crippen molar-refractivity contribution in [1.29, 1.82) is 5.26 Å². The number of fused-ring (bicyclic) bond motifs is 1. The Labute approximate surface area is 165 Å². The first kappa shape index (κ1) is 17.9. The average Bonchev–Trinajstić information content (AvgIpc) is 3.16. The third kappa shape index (κ3) is 3.38. The van der Waals surface area contributed by atoms with Gasteiger partial charge in [0.05, 0.1) is 16.1 Å². The maximum absolute atomic E-state index is 12.8. The van der Waals surface area contributed by atoms with Gasteiger partial charge < -0.3 is 0 Å². The van der Waals surface area contributed by atoms with Crippen LogP contribution in [-0.2, 0) is 17.4 Å². The van der Waals surface area contributed by atoms with E-state index >= 15 is 0 Å². The fraction of sp³-hybridized carbons (Fsp3) is 0.0952. The highest BCUT2D eigenvalue weighted by Crippen LogP contribution is 2.25. The number of nitriles is 1. The second-order valence-electron chi connectivity index (χ2n) is 6.15. The summed E-state index contributed by atoms with van der Waals surface area (Å²) in [5.74, 6) is 0.478. The van der Waals surface area contributed by atoms with Crippen molar-refractivity contribution in [2.75, 3.05) is 4.72 Å². The largest absolute Gasteiger partial charge is 0.285 e. The fourth-order valence-corrected chi connectivity index (χ4v) is 3.80. The highest BCUT2D eigenvalue weighted by molar-refractivity contribution is 7.86.